The van der Waals surface area contributed by atoms with Gasteiger partial charge in [-0.2, -0.15) is 5.10 Å². The standard InChI is InChI=1S/C10H12BrN3O2/c1-13(2)12-10(7-11)8-3-5-9(6-4-8)14(15)16/h3-6H,7H2,1-2H3/b12-10+. The van der Waals surface area contributed by atoms with Crippen LogP contribution >= 0.6 is 15.9 Å². The zero-order valence-electron chi connectivity index (χ0n) is 9.05. The van der Waals surface area contributed by atoms with Gasteiger partial charge in [-0.1, -0.05) is 15.9 Å². The Morgan fingerprint density at radius 3 is 2.38 bits per heavy atom. The smallest absolute Gasteiger partial charge is 0.269 e. The molecule has 0 aliphatic carbocycles. The number of hydrazone groups is 1. The Bertz CT molecular complexity index is 401. The number of rotatable bonds is 4. The third kappa shape index (κ3) is 3.30. The summed E-state index contributed by atoms with van der Waals surface area (Å²) >= 11 is 3.34. The van der Waals surface area contributed by atoms with Crippen molar-refractivity contribution in [2.75, 3.05) is 19.4 Å². The van der Waals surface area contributed by atoms with E-state index in [1.54, 1.807) is 17.1 Å². The number of nitrogens with zero attached hydrogens (tertiary/aromatic N) is 3. The Balaban J connectivity index is 3.00. The van der Waals surface area contributed by atoms with E-state index in [-0.39, 0.29) is 5.69 Å². The van der Waals surface area contributed by atoms with E-state index in [0.717, 1.165) is 11.3 Å². The Labute approximate surface area is 102 Å². The molecule has 1 aromatic rings. The first kappa shape index (κ1) is 12.6. The molecule has 0 aliphatic heterocycles. The van der Waals surface area contributed by atoms with Gasteiger partial charge in [-0.3, -0.25) is 10.1 Å². The number of nitro benzene ring substituents is 1. The third-order valence-corrected chi connectivity index (χ3v) is 2.39. The van der Waals surface area contributed by atoms with Crippen LogP contribution in [-0.4, -0.2) is 35.1 Å². The normalized spacial score (nSPS) is 11.3. The van der Waals surface area contributed by atoms with Crippen LogP contribution in [0, 0.1) is 10.1 Å². The molecule has 16 heavy (non-hydrogen) atoms. The van der Waals surface area contributed by atoms with Crippen LogP contribution in [0.15, 0.2) is 29.4 Å². The van der Waals surface area contributed by atoms with Crippen molar-refractivity contribution in [3.8, 4) is 0 Å². The molecule has 0 saturated heterocycles. The summed E-state index contributed by atoms with van der Waals surface area (Å²) in [6.07, 6.45) is 0. The number of benzene rings is 1. The number of alkyl halides is 1. The Morgan fingerprint density at radius 2 is 2.00 bits per heavy atom. The zero-order valence-corrected chi connectivity index (χ0v) is 10.6. The van der Waals surface area contributed by atoms with Crippen LogP contribution in [0.25, 0.3) is 0 Å². The Morgan fingerprint density at radius 1 is 1.44 bits per heavy atom. The molecule has 0 bridgehead atoms. The van der Waals surface area contributed by atoms with Gasteiger partial charge in [0, 0.05) is 31.6 Å². The molecule has 5 nitrogen and oxygen atoms in total. The maximum Gasteiger partial charge on any atom is 0.269 e. The van der Waals surface area contributed by atoms with E-state index in [1.807, 2.05) is 14.1 Å². The van der Waals surface area contributed by atoms with Crippen LogP contribution in [0.2, 0.25) is 0 Å². The molecule has 0 unspecified atom stereocenters. The molecular formula is C10H12BrN3O2. The highest BCUT2D eigenvalue weighted by Crippen LogP contribution is 2.13. The van der Waals surface area contributed by atoms with Crippen LogP contribution in [0.1, 0.15) is 5.56 Å². The van der Waals surface area contributed by atoms with Crippen molar-refractivity contribution in [1.82, 2.24) is 5.01 Å². The molecule has 0 aliphatic rings. The van der Waals surface area contributed by atoms with Gasteiger partial charge in [-0.25, -0.2) is 0 Å². The average molecular weight is 286 g/mol. The maximum atomic E-state index is 10.5. The largest absolute Gasteiger partial charge is 0.303 e. The van der Waals surface area contributed by atoms with E-state index in [4.69, 9.17) is 0 Å². The summed E-state index contributed by atoms with van der Waals surface area (Å²) in [4.78, 5) is 10.1. The number of non-ortho nitro benzene ring substituents is 1. The van der Waals surface area contributed by atoms with Gasteiger partial charge in [0.2, 0.25) is 0 Å². The highest BCUT2D eigenvalue weighted by Gasteiger charge is 2.07. The SMILES string of the molecule is CN(C)/N=C(\CBr)c1ccc([N+](=O)[O-])cc1. The van der Waals surface area contributed by atoms with Crippen molar-refractivity contribution in [2.45, 2.75) is 0 Å². The van der Waals surface area contributed by atoms with Crippen molar-refractivity contribution in [2.24, 2.45) is 5.10 Å². The molecule has 86 valence electrons. The first-order chi connectivity index (χ1) is 7.54. The fourth-order valence-electron chi connectivity index (χ4n) is 1.18. The molecule has 0 radical (unpaired) electrons. The number of nitro groups is 1. The van der Waals surface area contributed by atoms with E-state index in [0.29, 0.717) is 5.33 Å². The Kier molecular flexibility index (Phi) is 4.42. The predicted molar refractivity (Wildman–Crippen MR) is 67.1 cm³/mol. The minimum absolute atomic E-state index is 0.0857. The molecular weight excluding hydrogens is 274 g/mol. The number of hydrogen-bond donors (Lipinski definition) is 0. The summed E-state index contributed by atoms with van der Waals surface area (Å²) < 4.78 is 0. The van der Waals surface area contributed by atoms with Crippen LogP contribution < -0.4 is 0 Å². The Hall–Kier alpha value is -1.43. The fourth-order valence-corrected chi connectivity index (χ4v) is 1.61. The number of hydrogen-bond acceptors (Lipinski definition) is 4. The van der Waals surface area contributed by atoms with E-state index in [2.05, 4.69) is 21.0 Å². The van der Waals surface area contributed by atoms with Gasteiger partial charge >= 0.3 is 0 Å². The molecule has 0 heterocycles. The first-order valence-corrected chi connectivity index (χ1v) is 5.72. The molecule has 6 heteroatoms. The van der Waals surface area contributed by atoms with Crippen molar-refractivity contribution >= 4 is 27.3 Å². The molecule has 0 spiro atoms. The quantitative estimate of drug-likeness (QED) is 0.369. The lowest BCUT2D eigenvalue weighted by Gasteiger charge is -2.08. The van der Waals surface area contributed by atoms with Crippen LogP contribution in [0.5, 0.6) is 0 Å². The minimum atomic E-state index is -0.416. The predicted octanol–water partition coefficient (Wildman–Crippen LogP) is 2.26. The van der Waals surface area contributed by atoms with Crippen LogP contribution in [-0.2, 0) is 0 Å². The van der Waals surface area contributed by atoms with E-state index in [1.165, 1.54) is 12.1 Å². The van der Waals surface area contributed by atoms with Crippen LogP contribution in [0.3, 0.4) is 0 Å². The van der Waals surface area contributed by atoms with E-state index in [9.17, 15) is 10.1 Å². The maximum absolute atomic E-state index is 10.5. The van der Waals surface area contributed by atoms with Gasteiger partial charge in [0.1, 0.15) is 0 Å². The van der Waals surface area contributed by atoms with E-state index >= 15 is 0 Å². The van der Waals surface area contributed by atoms with Crippen molar-refractivity contribution in [3.05, 3.63) is 39.9 Å². The highest BCUT2D eigenvalue weighted by atomic mass is 79.9. The van der Waals surface area contributed by atoms with Gasteiger partial charge in [0.25, 0.3) is 5.69 Å². The molecule has 0 N–H and O–H groups in total. The van der Waals surface area contributed by atoms with Gasteiger partial charge in [0.05, 0.1) is 10.6 Å². The molecule has 1 aromatic carbocycles. The van der Waals surface area contributed by atoms with Crippen molar-refractivity contribution < 1.29 is 4.92 Å². The lowest BCUT2D eigenvalue weighted by molar-refractivity contribution is -0.384. The van der Waals surface area contributed by atoms with Crippen molar-refractivity contribution in [1.29, 1.82) is 0 Å². The number of halogens is 1. The summed E-state index contributed by atoms with van der Waals surface area (Å²) in [5, 5.41) is 17.1. The second-order valence-corrected chi connectivity index (χ2v) is 3.89. The minimum Gasteiger partial charge on any atom is -0.303 e. The monoisotopic (exact) mass is 285 g/mol. The lowest BCUT2D eigenvalue weighted by Crippen LogP contribution is -2.11. The second kappa shape index (κ2) is 5.60. The van der Waals surface area contributed by atoms with Crippen molar-refractivity contribution in [3.63, 3.8) is 0 Å². The molecule has 1 rings (SSSR count). The lowest BCUT2D eigenvalue weighted by atomic mass is 10.1. The molecule has 0 fully saturated rings. The second-order valence-electron chi connectivity index (χ2n) is 3.33. The van der Waals surface area contributed by atoms with Gasteiger partial charge in [-0.05, 0) is 17.7 Å². The molecule has 0 atom stereocenters. The fraction of sp³-hybridized carbons (Fsp3) is 0.300. The van der Waals surface area contributed by atoms with Crippen LogP contribution in [0.4, 0.5) is 5.69 Å². The molecule has 0 aromatic heterocycles. The topological polar surface area (TPSA) is 58.7 Å². The van der Waals surface area contributed by atoms with Gasteiger partial charge < -0.3 is 5.01 Å². The first-order valence-electron chi connectivity index (χ1n) is 4.60. The molecule has 0 amide bonds. The molecule has 0 saturated carbocycles. The van der Waals surface area contributed by atoms with Gasteiger partial charge in [0.15, 0.2) is 0 Å². The summed E-state index contributed by atoms with van der Waals surface area (Å²) in [7, 11) is 3.65. The summed E-state index contributed by atoms with van der Waals surface area (Å²) in [6, 6.07) is 6.34. The summed E-state index contributed by atoms with van der Waals surface area (Å²) in [5.74, 6) is 0. The average Bonchev–Trinajstić information content (AvgIpc) is 2.25. The summed E-state index contributed by atoms with van der Waals surface area (Å²) in [5.41, 5.74) is 1.79. The highest BCUT2D eigenvalue weighted by molar-refractivity contribution is 9.09. The van der Waals surface area contributed by atoms with Gasteiger partial charge in [-0.15, -0.1) is 0 Å². The third-order valence-electron chi connectivity index (χ3n) is 1.86. The zero-order chi connectivity index (χ0) is 12.1. The summed E-state index contributed by atoms with van der Waals surface area (Å²) in [6.45, 7) is 0. The van der Waals surface area contributed by atoms with E-state index < -0.39 is 4.92 Å².